The summed E-state index contributed by atoms with van der Waals surface area (Å²) >= 11 is 1.65. The number of benzene rings is 1. The van der Waals surface area contributed by atoms with Crippen molar-refractivity contribution in [1.82, 2.24) is 24.4 Å². The number of ketones is 1. The number of hydrogen-bond acceptors (Lipinski definition) is 8. The van der Waals surface area contributed by atoms with Gasteiger partial charge >= 0.3 is 0 Å². The van der Waals surface area contributed by atoms with Gasteiger partial charge in [0.15, 0.2) is 4.96 Å². The van der Waals surface area contributed by atoms with Crippen molar-refractivity contribution in [2.45, 2.75) is 76.7 Å². The monoisotopic (exact) mass is 597 g/mol. The number of fused-ring (bicyclic) bond motifs is 3. The first kappa shape index (κ1) is 28.4. The van der Waals surface area contributed by atoms with Crippen LogP contribution >= 0.6 is 11.3 Å². The molecule has 9 heteroatoms. The van der Waals surface area contributed by atoms with Gasteiger partial charge in [0, 0.05) is 60.4 Å². The number of pyridine rings is 1. The molecule has 224 valence electrons. The molecule has 5 heterocycles. The van der Waals surface area contributed by atoms with E-state index in [2.05, 4.69) is 65.7 Å². The smallest absolute Gasteiger partial charge is 0.196 e. The molecule has 0 spiro atoms. The highest BCUT2D eigenvalue weighted by molar-refractivity contribution is 7.23. The maximum Gasteiger partial charge on any atom is 0.196 e. The van der Waals surface area contributed by atoms with Crippen molar-refractivity contribution in [3.05, 3.63) is 71.4 Å². The van der Waals surface area contributed by atoms with E-state index in [1.54, 1.807) is 11.3 Å². The lowest BCUT2D eigenvalue weighted by molar-refractivity contribution is -0.117. The molecule has 0 bridgehead atoms. The number of morpholine rings is 1. The van der Waals surface area contributed by atoms with Crippen LogP contribution in [0.15, 0.2) is 53.2 Å². The number of nitrogens with zero attached hydrogens (tertiary/aromatic N) is 5. The molecule has 1 aliphatic heterocycles. The first-order chi connectivity index (χ1) is 20.8. The number of carbonyl (C=O) groups is 1. The van der Waals surface area contributed by atoms with Gasteiger partial charge in [-0.25, -0.2) is 9.97 Å². The molecule has 5 aromatic rings. The summed E-state index contributed by atoms with van der Waals surface area (Å²) in [6, 6.07) is 15.2. The number of rotatable bonds is 7. The van der Waals surface area contributed by atoms with Crippen LogP contribution in [0.2, 0.25) is 0 Å². The predicted octanol–water partition coefficient (Wildman–Crippen LogP) is 6.61. The Morgan fingerprint density at radius 1 is 0.977 bits per heavy atom. The third kappa shape index (κ3) is 6.03. The highest BCUT2D eigenvalue weighted by atomic mass is 32.1. The minimum atomic E-state index is -0.125. The molecule has 0 N–H and O–H groups in total. The van der Waals surface area contributed by atoms with Gasteiger partial charge < -0.3 is 9.26 Å². The van der Waals surface area contributed by atoms with Crippen molar-refractivity contribution < 1.29 is 14.1 Å². The highest BCUT2D eigenvalue weighted by Crippen LogP contribution is 2.36. The number of Topliss-reactive ketones (excluding diaryl/α,β-unsaturated/α-hetero) is 1. The summed E-state index contributed by atoms with van der Waals surface area (Å²) in [6.45, 7) is 10.1. The maximum atomic E-state index is 12.7. The van der Waals surface area contributed by atoms with Gasteiger partial charge in [0.05, 0.1) is 36.5 Å². The van der Waals surface area contributed by atoms with Gasteiger partial charge in [-0.05, 0) is 43.4 Å². The first-order valence-electron chi connectivity index (χ1n) is 15.5. The number of thiazole rings is 1. The van der Waals surface area contributed by atoms with Crippen LogP contribution in [0.4, 0.5) is 0 Å². The summed E-state index contributed by atoms with van der Waals surface area (Å²) in [5.41, 5.74) is 5.84. The van der Waals surface area contributed by atoms with Crippen LogP contribution in [0.5, 0.6) is 0 Å². The van der Waals surface area contributed by atoms with Gasteiger partial charge in [-0.2, -0.15) is 0 Å². The Hall–Kier alpha value is -3.40. The lowest BCUT2D eigenvalue weighted by Crippen LogP contribution is -2.44. The Kier molecular flexibility index (Phi) is 7.65. The first-order valence-corrected chi connectivity index (χ1v) is 16.3. The number of aromatic nitrogens is 4. The lowest BCUT2D eigenvalue weighted by atomic mass is 9.83. The molecular formula is C34H39N5O3S. The molecule has 0 radical (unpaired) electrons. The topological polar surface area (TPSA) is 85.8 Å². The number of carbonyl (C=O) groups excluding carboxylic acids is 1. The van der Waals surface area contributed by atoms with Crippen LogP contribution in [0.25, 0.3) is 26.6 Å². The minimum absolute atomic E-state index is 0.118. The molecule has 8 nitrogen and oxygen atoms in total. The van der Waals surface area contributed by atoms with Gasteiger partial charge in [-0.1, -0.05) is 61.5 Å². The van der Waals surface area contributed by atoms with Gasteiger partial charge in [0.2, 0.25) is 0 Å². The van der Waals surface area contributed by atoms with E-state index in [4.69, 9.17) is 19.2 Å². The predicted molar refractivity (Wildman–Crippen MR) is 169 cm³/mol. The second-order valence-corrected chi connectivity index (χ2v) is 14.1. The van der Waals surface area contributed by atoms with Crippen LogP contribution in [0, 0.1) is 0 Å². The summed E-state index contributed by atoms with van der Waals surface area (Å²) in [5.74, 6) is 1.45. The van der Waals surface area contributed by atoms with Crippen LogP contribution in [-0.4, -0.2) is 62.6 Å². The SMILES string of the molecule is CC(C)(C)c1cc(CC(=O)Cc2ccc(-c3cn4c(n3)sc3nc(C5CCC(N6CCOCC6)CC5)ccc34)cc2)no1. The molecule has 2 fully saturated rings. The van der Waals surface area contributed by atoms with Crippen LogP contribution in [0.1, 0.15) is 75.1 Å². The molecule has 43 heavy (non-hydrogen) atoms. The van der Waals surface area contributed by atoms with Crippen molar-refractivity contribution in [3.8, 4) is 11.3 Å². The molecule has 1 saturated heterocycles. The standard InChI is InChI=1S/C34H39N5O3S/c1-34(2,3)31-20-25(37-42-31)19-27(40)18-22-4-6-24(7-5-22)29-21-39-30-13-12-28(35-32(30)43-33(39)36-29)23-8-10-26(11-9-23)38-14-16-41-17-15-38/h4-7,12-13,20-21,23,26H,8-11,14-19H2,1-3H3. The summed E-state index contributed by atoms with van der Waals surface area (Å²) < 4.78 is 13.1. The second-order valence-electron chi connectivity index (χ2n) is 13.1. The molecule has 4 aromatic heterocycles. The van der Waals surface area contributed by atoms with Crippen molar-refractivity contribution >= 4 is 32.4 Å². The van der Waals surface area contributed by atoms with Crippen molar-refractivity contribution in [3.63, 3.8) is 0 Å². The largest absolute Gasteiger partial charge is 0.379 e. The van der Waals surface area contributed by atoms with Crippen molar-refractivity contribution in [2.75, 3.05) is 26.3 Å². The van der Waals surface area contributed by atoms with E-state index in [-0.39, 0.29) is 17.6 Å². The quantitative estimate of drug-likeness (QED) is 0.209. The third-order valence-electron chi connectivity index (χ3n) is 8.99. The fourth-order valence-electron chi connectivity index (χ4n) is 6.48. The van der Waals surface area contributed by atoms with Crippen LogP contribution < -0.4 is 0 Å². The highest BCUT2D eigenvalue weighted by Gasteiger charge is 2.28. The Morgan fingerprint density at radius 3 is 2.47 bits per heavy atom. The molecule has 1 aromatic carbocycles. The molecular weight excluding hydrogens is 558 g/mol. The zero-order valence-electron chi connectivity index (χ0n) is 25.2. The fraction of sp³-hybridized carbons (Fsp3) is 0.471. The van der Waals surface area contributed by atoms with E-state index in [1.807, 2.05) is 18.2 Å². The Balaban J connectivity index is 0.994. The molecule has 0 unspecified atom stereocenters. The maximum absolute atomic E-state index is 12.7. The van der Waals surface area contributed by atoms with Gasteiger partial charge in [0.1, 0.15) is 16.4 Å². The summed E-state index contributed by atoms with van der Waals surface area (Å²) in [6.07, 6.45) is 7.63. The van der Waals surface area contributed by atoms with Crippen LogP contribution in [-0.2, 0) is 27.8 Å². The third-order valence-corrected chi connectivity index (χ3v) is 9.95. The molecule has 0 amide bonds. The average Bonchev–Trinajstić information content (AvgIpc) is 3.73. The average molecular weight is 598 g/mol. The fourth-order valence-corrected chi connectivity index (χ4v) is 7.47. The van der Waals surface area contributed by atoms with E-state index in [0.717, 1.165) is 64.2 Å². The summed E-state index contributed by atoms with van der Waals surface area (Å²) in [7, 11) is 0. The minimum Gasteiger partial charge on any atom is -0.379 e. The van der Waals surface area contributed by atoms with E-state index in [9.17, 15) is 4.79 Å². The van der Waals surface area contributed by atoms with Crippen molar-refractivity contribution in [2.24, 2.45) is 0 Å². The van der Waals surface area contributed by atoms with E-state index < -0.39 is 0 Å². The molecule has 0 atom stereocenters. The van der Waals surface area contributed by atoms with Gasteiger partial charge in [-0.15, -0.1) is 0 Å². The molecule has 7 rings (SSSR count). The van der Waals surface area contributed by atoms with E-state index >= 15 is 0 Å². The second kappa shape index (κ2) is 11.6. The number of hydrogen-bond donors (Lipinski definition) is 0. The zero-order chi connectivity index (χ0) is 29.6. The summed E-state index contributed by atoms with van der Waals surface area (Å²) in [4.78, 5) is 27.4. The Morgan fingerprint density at radius 2 is 1.74 bits per heavy atom. The Labute approximate surface area is 256 Å². The Bertz CT molecular complexity index is 1730. The van der Waals surface area contributed by atoms with Crippen molar-refractivity contribution in [1.29, 1.82) is 0 Å². The van der Waals surface area contributed by atoms with E-state index in [1.165, 1.54) is 31.4 Å². The number of imidazole rings is 1. The van der Waals surface area contributed by atoms with Gasteiger partial charge in [0.25, 0.3) is 0 Å². The van der Waals surface area contributed by atoms with Crippen LogP contribution in [0.3, 0.4) is 0 Å². The summed E-state index contributed by atoms with van der Waals surface area (Å²) in [5, 5.41) is 4.09. The molecule has 1 aliphatic carbocycles. The molecule has 1 saturated carbocycles. The normalized spacial score (nSPS) is 20.3. The van der Waals surface area contributed by atoms with E-state index in [0.29, 0.717) is 24.1 Å². The lowest BCUT2D eigenvalue weighted by Gasteiger charge is -2.38. The van der Waals surface area contributed by atoms with Gasteiger partial charge in [-0.3, -0.25) is 14.1 Å². The molecule has 2 aliphatic rings. The zero-order valence-corrected chi connectivity index (χ0v) is 26.0. The number of ether oxygens (including phenoxy) is 1.